The molecule has 0 saturated carbocycles. The molecule has 0 bridgehead atoms. The molecule has 0 aliphatic rings. The van der Waals surface area contributed by atoms with Gasteiger partial charge in [-0.2, -0.15) is 0 Å². The lowest BCUT2D eigenvalue weighted by molar-refractivity contribution is 0.271. The van der Waals surface area contributed by atoms with Gasteiger partial charge in [0.1, 0.15) is 0 Å². The topological polar surface area (TPSA) is 47.9 Å². The maximum Gasteiger partial charge on any atom is 0.261 e. The van der Waals surface area contributed by atoms with Crippen LogP contribution in [-0.2, 0) is 20.1 Å². The Morgan fingerprint density at radius 3 is 2.20 bits per heavy atom. The van der Waals surface area contributed by atoms with E-state index in [4.69, 9.17) is 9.15 Å². The summed E-state index contributed by atoms with van der Waals surface area (Å²) in [6.45, 7) is -0.240. The summed E-state index contributed by atoms with van der Waals surface area (Å²) in [7, 11) is 0.821. The third-order valence-electron chi connectivity index (χ3n) is 2.53. The van der Waals surface area contributed by atoms with Crippen molar-refractivity contribution in [2.45, 2.75) is 11.8 Å². The van der Waals surface area contributed by atoms with Gasteiger partial charge in [-0.15, -0.1) is 15.8 Å². The van der Waals surface area contributed by atoms with Gasteiger partial charge in [-0.05, 0) is 31.2 Å². The van der Waals surface area contributed by atoms with Crippen molar-refractivity contribution in [1.82, 2.24) is 0 Å². The lowest BCUT2D eigenvalue weighted by Crippen LogP contribution is -2.09. The van der Waals surface area contributed by atoms with Gasteiger partial charge in [-0.25, -0.2) is 0 Å². The van der Waals surface area contributed by atoms with Crippen LogP contribution < -0.4 is 5.30 Å². The summed E-state index contributed by atoms with van der Waals surface area (Å²) in [5.74, 6) is 0. The molecular weight excluding hydrogens is 293 g/mol. The first-order valence-electron chi connectivity index (χ1n) is 6.19. The van der Waals surface area contributed by atoms with Gasteiger partial charge in [-0.1, -0.05) is 36.4 Å². The summed E-state index contributed by atoms with van der Waals surface area (Å²) in [5.41, 5.74) is 0. The molecule has 0 spiro atoms. The molecule has 1 unspecified atom stereocenters. The maximum absolute atomic E-state index is 10.7. The van der Waals surface area contributed by atoms with Crippen LogP contribution in [0.15, 0.2) is 70.9 Å². The van der Waals surface area contributed by atoms with Crippen LogP contribution >= 0.6 is 6.49 Å². The molecule has 0 radical (unpaired) electrons. The van der Waals surface area contributed by atoms with Crippen molar-refractivity contribution in [2.24, 2.45) is 5.34 Å². The summed E-state index contributed by atoms with van der Waals surface area (Å²) >= 11 is 0. The smallest absolute Gasteiger partial charge is 0.261 e. The highest BCUT2D eigenvalue weighted by Gasteiger charge is 2.24. The number of rotatable bonds is 6. The second kappa shape index (κ2) is 7.39. The van der Waals surface area contributed by atoms with Crippen LogP contribution in [0.1, 0.15) is 6.92 Å². The normalized spacial score (nSPS) is 13.4. The number of hydrogen-bond donors (Lipinski definition) is 1. The minimum atomic E-state index is -2.58. The van der Waals surface area contributed by atoms with Crippen molar-refractivity contribution in [3.05, 3.63) is 65.6 Å². The number of nitrogens with zero attached hydrogens (tertiary/aromatic N) is 1. The van der Waals surface area contributed by atoms with Crippen molar-refractivity contribution in [3.63, 3.8) is 0 Å². The number of thiol groups is 1. The van der Waals surface area contributed by atoms with Crippen molar-refractivity contribution in [1.29, 1.82) is 0 Å². The van der Waals surface area contributed by atoms with Crippen LogP contribution in [0, 0.1) is 4.91 Å². The standard InChI is InChI=1S/C14H16NO3PS/c1-2-17-19(18-15-16,13-9-5-3-6-10-13)20-14-11-7-4-8-12-14/h3-12,20H,2H2,1H3. The van der Waals surface area contributed by atoms with Crippen LogP contribution in [0.3, 0.4) is 0 Å². The first kappa shape index (κ1) is 15.0. The molecule has 1 atom stereocenters. The summed E-state index contributed by atoms with van der Waals surface area (Å²) < 4.78 is 11.0. The Morgan fingerprint density at radius 1 is 1.05 bits per heavy atom. The Morgan fingerprint density at radius 2 is 1.65 bits per heavy atom. The van der Waals surface area contributed by atoms with Crippen LogP contribution in [-0.4, -0.2) is 6.61 Å². The van der Waals surface area contributed by atoms with Gasteiger partial charge >= 0.3 is 0 Å². The molecule has 0 N–H and O–H groups in total. The molecule has 106 valence electrons. The van der Waals surface area contributed by atoms with Gasteiger partial charge in [0, 0.05) is 10.2 Å². The fraction of sp³-hybridized carbons (Fsp3) is 0.143. The average molecular weight is 309 g/mol. The highest BCUT2D eigenvalue weighted by Crippen LogP contribution is 2.50. The Bertz CT molecular complexity index is 604. The molecule has 0 heterocycles. The Hall–Kier alpha value is -1.42. The maximum atomic E-state index is 10.7. The van der Waals surface area contributed by atoms with E-state index in [-0.39, 0.29) is 0 Å². The molecule has 2 rings (SSSR count). The predicted octanol–water partition coefficient (Wildman–Crippen LogP) is 3.68. The molecule has 6 heteroatoms. The minimum absolute atomic E-state index is 0.456. The van der Waals surface area contributed by atoms with E-state index in [1.165, 1.54) is 0 Å². The van der Waals surface area contributed by atoms with Crippen LogP contribution in [0.25, 0.3) is 0 Å². The molecule has 0 aromatic heterocycles. The van der Waals surface area contributed by atoms with E-state index in [0.29, 0.717) is 6.61 Å². The molecule has 0 amide bonds. The molecule has 20 heavy (non-hydrogen) atoms. The van der Waals surface area contributed by atoms with Gasteiger partial charge < -0.3 is 9.15 Å². The zero-order chi connectivity index (χ0) is 14.3. The van der Waals surface area contributed by atoms with E-state index in [9.17, 15) is 4.91 Å². The van der Waals surface area contributed by atoms with Crippen molar-refractivity contribution in [3.8, 4) is 0 Å². The molecule has 0 aliphatic heterocycles. The molecular formula is C14H16NO3PS. The Labute approximate surface area is 121 Å². The first-order chi connectivity index (χ1) is 9.80. The second-order valence-electron chi connectivity index (χ2n) is 3.87. The predicted molar refractivity (Wildman–Crippen MR) is 85.0 cm³/mol. The number of hydrogen-bond acceptors (Lipinski definition) is 4. The minimum Gasteiger partial charge on any atom is -0.320 e. The Kier molecular flexibility index (Phi) is 5.53. The van der Waals surface area contributed by atoms with Crippen molar-refractivity contribution in [2.75, 3.05) is 6.61 Å². The largest absolute Gasteiger partial charge is 0.320 e. The van der Waals surface area contributed by atoms with E-state index in [0.717, 1.165) is 21.1 Å². The van der Waals surface area contributed by atoms with Gasteiger partial charge in [0.2, 0.25) is 0 Å². The van der Waals surface area contributed by atoms with Crippen molar-refractivity contribution >= 4 is 22.7 Å². The van der Waals surface area contributed by atoms with Crippen LogP contribution in [0.2, 0.25) is 0 Å². The van der Waals surface area contributed by atoms with Gasteiger partial charge in [-0.3, -0.25) is 0 Å². The molecule has 0 saturated heterocycles. The number of benzene rings is 2. The summed E-state index contributed by atoms with van der Waals surface area (Å²) in [6, 6.07) is 19.3. The highest BCUT2D eigenvalue weighted by atomic mass is 32.5. The van der Waals surface area contributed by atoms with Gasteiger partial charge in [0.15, 0.2) is 5.34 Å². The van der Waals surface area contributed by atoms with Crippen LogP contribution in [0.5, 0.6) is 0 Å². The van der Waals surface area contributed by atoms with Gasteiger partial charge in [0.05, 0.1) is 6.61 Å². The second-order valence-corrected chi connectivity index (χ2v) is 8.74. The Balaban J connectivity index is 2.58. The fourth-order valence-electron chi connectivity index (χ4n) is 1.73. The summed E-state index contributed by atoms with van der Waals surface area (Å²) in [5, 5.41) is 3.53. The summed E-state index contributed by atoms with van der Waals surface area (Å²) in [4.78, 5) is 11.8. The lowest BCUT2D eigenvalue weighted by atomic mass is 10.4. The van der Waals surface area contributed by atoms with E-state index in [1.807, 2.05) is 67.6 Å². The average Bonchev–Trinajstić information content (AvgIpc) is 2.49. The van der Waals surface area contributed by atoms with Crippen molar-refractivity contribution < 1.29 is 9.15 Å². The monoisotopic (exact) mass is 309 g/mol. The zero-order valence-electron chi connectivity index (χ0n) is 11.0. The zero-order valence-corrected chi connectivity index (χ0v) is 12.8. The molecule has 0 aliphatic carbocycles. The third kappa shape index (κ3) is 3.57. The van der Waals surface area contributed by atoms with Gasteiger partial charge in [0.25, 0.3) is 6.49 Å². The molecule has 0 fully saturated rings. The first-order valence-corrected chi connectivity index (χ1v) is 9.42. The quantitative estimate of drug-likeness (QED) is 0.383. The van der Waals surface area contributed by atoms with E-state index in [1.54, 1.807) is 0 Å². The fourth-order valence-corrected chi connectivity index (χ4v) is 6.61. The van der Waals surface area contributed by atoms with E-state index < -0.39 is 6.49 Å². The molecule has 4 nitrogen and oxygen atoms in total. The SMILES string of the molecule is CCOP(ON=O)(=[SH]c1ccccc1)c1ccccc1. The molecule has 2 aromatic rings. The van der Waals surface area contributed by atoms with Crippen LogP contribution in [0.4, 0.5) is 0 Å². The lowest BCUT2D eigenvalue weighted by Gasteiger charge is -2.21. The van der Waals surface area contributed by atoms with E-state index in [2.05, 4.69) is 5.34 Å². The summed E-state index contributed by atoms with van der Waals surface area (Å²) in [6.07, 6.45) is 0. The van der Waals surface area contributed by atoms with E-state index >= 15 is 0 Å². The molecule has 2 aromatic carbocycles. The highest BCUT2D eigenvalue weighted by molar-refractivity contribution is 8.22. The third-order valence-corrected chi connectivity index (χ3v) is 7.91.